The van der Waals surface area contributed by atoms with Gasteiger partial charge in [0.05, 0.1) is 4.92 Å². The zero-order valence-electron chi connectivity index (χ0n) is 6.73. The minimum atomic E-state index is -0.673. The summed E-state index contributed by atoms with van der Waals surface area (Å²) >= 11 is 3.06. The van der Waals surface area contributed by atoms with Crippen LogP contribution in [-0.2, 0) is 0 Å². The molecule has 0 saturated heterocycles. The fraction of sp³-hybridized carbons (Fsp3) is 0. The lowest BCUT2D eigenvalue weighted by Crippen LogP contribution is -1.88. The van der Waals surface area contributed by atoms with Crippen molar-refractivity contribution in [3.63, 3.8) is 0 Å². The summed E-state index contributed by atoms with van der Waals surface area (Å²) in [4.78, 5) is 9.94. The van der Waals surface area contributed by atoms with Crippen LogP contribution in [-0.4, -0.2) is 10.0 Å². The third-order valence-corrected chi connectivity index (χ3v) is 2.18. The lowest BCUT2D eigenvalue weighted by Gasteiger charge is -1.95. The number of aromatic hydroxyl groups is 1. The molecule has 0 unspecified atom stereocenters. The average Bonchev–Trinajstić information content (AvgIpc) is 2.43. The SMILES string of the molecule is O=[N+]([O-])c1c(O)ccc2cc(Br)oc12. The highest BCUT2D eigenvalue weighted by molar-refractivity contribution is 9.10. The number of nitrogens with zero attached hydrogens (tertiary/aromatic N) is 1. The first kappa shape index (κ1) is 9.01. The van der Waals surface area contributed by atoms with Gasteiger partial charge in [-0.15, -0.1) is 0 Å². The standard InChI is InChI=1S/C8H4BrNO4/c9-6-3-4-1-2-5(11)7(10(12)13)8(4)14-6/h1-3,11H. The van der Waals surface area contributed by atoms with Crippen LogP contribution in [0, 0.1) is 10.1 Å². The van der Waals surface area contributed by atoms with E-state index in [9.17, 15) is 15.2 Å². The molecule has 2 rings (SSSR count). The molecular formula is C8H4BrNO4. The largest absolute Gasteiger partial charge is 0.502 e. The van der Waals surface area contributed by atoms with Crippen molar-refractivity contribution in [1.82, 2.24) is 0 Å². The predicted octanol–water partition coefficient (Wildman–Crippen LogP) is 2.81. The van der Waals surface area contributed by atoms with Gasteiger partial charge in [-0.25, -0.2) is 0 Å². The van der Waals surface area contributed by atoms with Gasteiger partial charge in [0, 0.05) is 5.39 Å². The molecule has 0 saturated carbocycles. The molecule has 0 radical (unpaired) electrons. The van der Waals surface area contributed by atoms with Gasteiger partial charge in [-0.3, -0.25) is 10.1 Å². The van der Waals surface area contributed by atoms with Crippen LogP contribution < -0.4 is 0 Å². The summed E-state index contributed by atoms with van der Waals surface area (Å²) in [5.41, 5.74) is -0.338. The molecule has 0 aliphatic heterocycles. The van der Waals surface area contributed by atoms with Gasteiger partial charge in [0.2, 0.25) is 5.58 Å². The van der Waals surface area contributed by atoms with E-state index in [1.54, 1.807) is 12.1 Å². The van der Waals surface area contributed by atoms with Gasteiger partial charge in [-0.1, -0.05) is 0 Å². The minimum Gasteiger partial charge on any atom is -0.502 e. The van der Waals surface area contributed by atoms with Gasteiger partial charge < -0.3 is 9.52 Å². The maximum Gasteiger partial charge on any atom is 0.353 e. The second-order valence-electron chi connectivity index (χ2n) is 2.66. The van der Waals surface area contributed by atoms with Crippen molar-refractivity contribution in [1.29, 1.82) is 0 Å². The van der Waals surface area contributed by atoms with E-state index in [0.29, 0.717) is 10.1 Å². The van der Waals surface area contributed by atoms with Crippen molar-refractivity contribution < 1.29 is 14.4 Å². The lowest BCUT2D eigenvalue weighted by molar-refractivity contribution is -0.384. The van der Waals surface area contributed by atoms with Crippen LogP contribution >= 0.6 is 15.9 Å². The highest BCUT2D eigenvalue weighted by atomic mass is 79.9. The van der Waals surface area contributed by atoms with Crippen molar-refractivity contribution in [2.45, 2.75) is 0 Å². The van der Waals surface area contributed by atoms with Gasteiger partial charge in [0.1, 0.15) is 0 Å². The third kappa shape index (κ3) is 1.24. The van der Waals surface area contributed by atoms with Gasteiger partial charge in [0.15, 0.2) is 10.4 Å². The molecule has 0 aliphatic carbocycles. The molecule has 5 nitrogen and oxygen atoms in total. The van der Waals surface area contributed by atoms with Gasteiger partial charge in [-0.2, -0.15) is 0 Å². The van der Waals surface area contributed by atoms with Crippen molar-refractivity contribution in [2.24, 2.45) is 0 Å². The smallest absolute Gasteiger partial charge is 0.353 e. The second kappa shape index (κ2) is 2.98. The van der Waals surface area contributed by atoms with Crippen molar-refractivity contribution in [3.8, 4) is 5.75 Å². The van der Waals surface area contributed by atoms with E-state index >= 15 is 0 Å². The minimum absolute atomic E-state index is 0.0712. The van der Waals surface area contributed by atoms with E-state index in [0.717, 1.165) is 0 Å². The number of benzene rings is 1. The van der Waals surface area contributed by atoms with Crippen LogP contribution in [0.4, 0.5) is 5.69 Å². The molecule has 1 N–H and O–H groups in total. The topological polar surface area (TPSA) is 76.5 Å². The molecule has 1 aromatic heterocycles. The van der Waals surface area contributed by atoms with Gasteiger partial charge in [-0.05, 0) is 34.1 Å². The molecule has 14 heavy (non-hydrogen) atoms. The van der Waals surface area contributed by atoms with Gasteiger partial charge in [0.25, 0.3) is 0 Å². The van der Waals surface area contributed by atoms with E-state index < -0.39 is 16.4 Å². The monoisotopic (exact) mass is 257 g/mol. The Bertz CT molecular complexity index is 519. The Morgan fingerprint density at radius 3 is 2.86 bits per heavy atom. The molecular weight excluding hydrogens is 254 g/mol. The van der Waals surface area contributed by atoms with Crippen LogP contribution in [0.3, 0.4) is 0 Å². The Labute approximate surface area is 86.2 Å². The molecule has 1 aromatic carbocycles. The molecule has 0 aliphatic rings. The Morgan fingerprint density at radius 1 is 1.50 bits per heavy atom. The van der Waals surface area contributed by atoms with E-state index in [-0.39, 0.29) is 5.58 Å². The summed E-state index contributed by atoms with van der Waals surface area (Å²) in [7, 11) is 0. The third-order valence-electron chi connectivity index (χ3n) is 1.79. The lowest BCUT2D eigenvalue weighted by atomic mass is 10.2. The summed E-state index contributed by atoms with van der Waals surface area (Å²) in [6.07, 6.45) is 0. The number of furan rings is 1. The highest BCUT2D eigenvalue weighted by Gasteiger charge is 2.21. The maximum absolute atomic E-state index is 10.6. The number of nitro groups is 1. The zero-order chi connectivity index (χ0) is 10.3. The fourth-order valence-electron chi connectivity index (χ4n) is 1.22. The number of nitro benzene ring substituents is 1. The maximum atomic E-state index is 10.6. The Hall–Kier alpha value is -1.56. The summed E-state index contributed by atoms with van der Waals surface area (Å²) in [5, 5.41) is 20.5. The molecule has 6 heteroatoms. The van der Waals surface area contributed by atoms with Crippen LogP contribution in [0.1, 0.15) is 0 Å². The van der Waals surface area contributed by atoms with Crippen molar-refractivity contribution in [3.05, 3.63) is 33.0 Å². The number of halogens is 1. The zero-order valence-corrected chi connectivity index (χ0v) is 8.32. The average molecular weight is 258 g/mol. The Morgan fingerprint density at radius 2 is 2.21 bits per heavy atom. The van der Waals surface area contributed by atoms with Crippen molar-refractivity contribution in [2.75, 3.05) is 0 Å². The van der Waals surface area contributed by atoms with Crippen LogP contribution in [0.25, 0.3) is 11.0 Å². The first-order valence-electron chi connectivity index (χ1n) is 3.65. The summed E-state index contributed by atoms with van der Waals surface area (Å²) in [5.74, 6) is -0.399. The molecule has 0 atom stereocenters. The Balaban J connectivity index is 2.88. The number of rotatable bonds is 1. The van der Waals surface area contributed by atoms with E-state index in [1.807, 2.05) is 0 Å². The normalized spacial score (nSPS) is 10.6. The molecule has 72 valence electrons. The Kier molecular flexibility index (Phi) is 1.92. The van der Waals surface area contributed by atoms with E-state index in [1.165, 1.54) is 6.07 Å². The van der Waals surface area contributed by atoms with Crippen LogP contribution in [0.15, 0.2) is 27.3 Å². The van der Waals surface area contributed by atoms with Crippen molar-refractivity contribution >= 4 is 32.6 Å². The molecule has 0 bridgehead atoms. The van der Waals surface area contributed by atoms with Crippen LogP contribution in [0.5, 0.6) is 5.75 Å². The molecule has 1 heterocycles. The number of hydrogen-bond acceptors (Lipinski definition) is 4. The molecule has 2 aromatic rings. The van der Waals surface area contributed by atoms with E-state index in [2.05, 4.69) is 15.9 Å². The van der Waals surface area contributed by atoms with Gasteiger partial charge >= 0.3 is 5.69 Å². The predicted molar refractivity (Wildman–Crippen MR) is 52.2 cm³/mol. The summed E-state index contributed by atoms with van der Waals surface area (Å²) in [6, 6.07) is 4.41. The molecule has 0 spiro atoms. The van der Waals surface area contributed by atoms with E-state index in [4.69, 9.17) is 4.42 Å². The first-order valence-corrected chi connectivity index (χ1v) is 4.44. The second-order valence-corrected chi connectivity index (χ2v) is 3.44. The quantitative estimate of drug-likeness (QED) is 0.630. The first-order chi connectivity index (χ1) is 6.59. The van der Waals surface area contributed by atoms with Crippen LogP contribution in [0.2, 0.25) is 0 Å². The molecule has 0 amide bonds. The molecule has 0 fully saturated rings. The number of phenolic OH excluding ortho intramolecular Hbond substituents is 1. The number of hydrogen-bond donors (Lipinski definition) is 1. The number of fused-ring (bicyclic) bond motifs is 1. The summed E-state index contributed by atoms with van der Waals surface area (Å²) < 4.78 is 5.45. The fourth-order valence-corrected chi connectivity index (χ4v) is 1.63. The number of phenols is 1. The summed E-state index contributed by atoms with van der Waals surface area (Å²) in [6.45, 7) is 0. The highest BCUT2D eigenvalue weighted by Crippen LogP contribution is 2.37.